The standard InChI is InChI=1S/C27H29N3O5/c1-17-26(33)25(27(34)28-16-24(31)32)30-23(29-17)15-18-7-11-21(12-8-18)35-22-13-9-20(10-14-22)19-5-3-2-4-6-19/h2-6,9-10,13-14,18,21,33H,7-8,11-12,15-16H2,1H3,(H,28,34)(H,31,32). The number of rotatable bonds is 8. The molecule has 1 aliphatic carbocycles. The number of nitrogens with one attached hydrogen (secondary N) is 1. The molecule has 0 spiro atoms. The largest absolute Gasteiger partial charge is 0.504 e. The van der Waals surface area contributed by atoms with E-state index in [4.69, 9.17) is 9.84 Å². The molecule has 0 radical (unpaired) electrons. The molecule has 0 aliphatic heterocycles. The predicted octanol–water partition coefficient (Wildman–Crippen LogP) is 4.15. The van der Waals surface area contributed by atoms with Crippen LogP contribution in [-0.2, 0) is 11.2 Å². The number of hydrogen-bond donors (Lipinski definition) is 3. The lowest BCUT2D eigenvalue weighted by atomic mass is 9.85. The molecule has 2 aromatic carbocycles. The Labute approximate surface area is 204 Å². The third-order valence-corrected chi connectivity index (χ3v) is 6.25. The first-order valence-corrected chi connectivity index (χ1v) is 11.8. The van der Waals surface area contributed by atoms with Crippen molar-refractivity contribution in [2.24, 2.45) is 5.92 Å². The number of aromatic nitrogens is 2. The van der Waals surface area contributed by atoms with Crippen molar-refractivity contribution in [3.63, 3.8) is 0 Å². The Bertz CT molecular complexity index is 1170. The van der Waals surface area contributed by atoms with Gasteiger partial charge in [0.1, 0.15) is 18.1 Å². The summed E-state index contributed by atoms with van der Waals surface area (Å²) in [6.45, 7) is 1.05. The van der Waals surface area contributed by atoms with Gasteiger partial charge in [0.15, 0.2) is 11.4 Å². The Kier molecular flexibility index (Phi) is 7.60. The zero-order valence-corrected chi connectivity index (χ0v) is 19.6. The molecule has 1 aromatic heterocycles. The molecule has 3 aromatic rings. The molecule has 0 saturated heterocycles. The topological polar surface area (TPSA) is 122 Å². The maximum Gasteiger partial charge on any atom is 0.322 e. The fraction of sp³-hybridized carbons (Fsp3) is 0.333. The van der Waals surface area contributed by atoms with Gasteiger partial charge in [-0.1, -0.05) is 42.5 Å². The zero-order valence-electron chi connectivity index (χ0n) is 19.6. The molecule has 3 N–H and O–H groups in total. The van der Waals surface area contributed by atoms with Gasteiger partial charge >= 0.3 is 5.97 Å². The second kappa shape index (κ2) is 11.0. The van der Waals surface area contributed by atoms with Gasteiger partial charge < -0.3 is 20.3 Å². The normalized spacial score (nSPS) is 17.5. The molecule has 8 heteroatoms. The summed E-state index contributed by atoms with van der Waals surface area (Å²) in [5.74, 6) is -0.549. The maximum atomic E-state index is 12.2. The number of ether oxygens (including phenoxy) is 1. The highest BCUT2D eigenvalue weighted by Crippen LogP contribution is 2.31. The van der Waals surface area contributed by atoms with E-state index in [2.05, 4.69) is 39.6 Å². The molecule has 1 heterocycles. The Hall–Kier alpha value is -3.94. The van der Waals surface area contributed by atoms with Crippen LogP contribution in [0.4, 0.5) is 0 Å². The first kappa shape index (κ1) is 24.2. The fourth-order valence-corrected chi connectivity index (χ4v) is 4.38. The fourth-order valence-electron chi connectivity index (χ4n) is 4.38. The Morgan fingerprint density at radius 2 is 1.63 bits per heavy atom. The number of aromatic hydroxyl groups is 1. The minimum Gasteiger partial charge on any atom is -0.504 e. The molecule has 1 saturated carbocycles. The zero-order chi connectivity index (χ0) is 24.8. The number of amides is 1. The summed E-state index contributed by atoms with van der Waals surface area (Å²) in [5, 5.41) is 21.2. The van der Waals surface area contributed by atoms with E-state index in [1.54, 1.807) is 6.92 Å². The number of carboxylic acids is 1. The van der Waals surface area contributed by atoms with Crippen molar-refractivity contribution in [2.45, 2.75) is 45.1 Å². The molecule has 1 aliphatic rings. The number of aryl methyl sites for hydroxylation is 1. The number of nitrogens with zero attached hydrogens (tertiary/aromatic N) is 2. The summed E-state index contributed by atoms with van der Waals surface area (Å²) in [5.41, 5.74) is 2.44. The van der Waals surface area contributed by atoms with E-state index < -0.39 is 18.4 Å². The number of aliphatic carboxylic acids is 1. The predicted molar refractivity (Wildman–Crippen MR) is 130 cm³/mol. The van der Waals surface area contributed by atoms with Crippen molar-refractivity contribution in [1.82, 2.24) is 15.3 Å². The van der Waals surface area contributed by atoms with E-state index >= 15 is 0 Å². The highest BCUT2D eigenvalue weighted by molar-refractivity contribution is 5.96. The average Bonchev–Trinajstić information content (AvgIpc) is 2.87. The van der Waals surface area contributed by atoms with Gasteiger partial charge in [0, 0.05) is 6.42 Å². The summed E-state index contributed by atoms with van der Waals surface area (Å²) < 4.78 is 6.21. The SMILES string of the molecule is Cc1nc(CC2CCC(Oc3ccc(-c4ccccc4)cc3)CC2)nc(C(=O)NCC(=O)O)c1O. The van der Waals surface area contributed by atoms with Crippen molar-refractivity contribution in [3.8, 4) is 22.6 Å². The molecule has 0 atom stereocenters. The van der Waals surface area contributed by atoms with Gasteiger partial charge in [-0.05, 0) is 61.8 Å². The summed E-state index contributed by atoms with van der Waals surface area (Å²) in [4.78, 5) is 31.5. The highest BCUT2D eigenvalue weighted by atomic mass is 16.5. The van der Waals surface area contributed by atoms with Crippen molar-refractivity contribution in [1.29, 1.82) is 0 Å². The number of benzene rings is 2. The van der Waals surface area contributed by atoms with E-state index in [-0.39, 0.29) is 17.5 Å². The molecule has 4 rings (SSSR count). The summed E-state index contributed by atoms with van der Waals surface area (Å²) in [6, 6.07) is 18.4. The molecule has 35 heavy (non-hydrogen) atoms. The Morgan fingerprint density at radius 1 is 0.971 bits per heavy atom. The number of carbonyl (C=O) groups excluding carboxylic acids is 1. The first-order chi connectivity index (χ1) is 16.9. The minimum absolute atomic E-state index is 0.147. The summed E-state index contributed by atoms with van der Waals surface area (Å²) in [7, 11) is 0. The molecule has 0 bridgehead atoms. The van der Waals surface area contributed by atoms with Gasteiger partial charge in [0.2, 0.25) is 0 Å². The smallest absolute Gasteiger partial charge is 0.322 e. The van der Waals surface area contributed by atoms with Crippen LogP contribution in [0.2, 0.25) is 0 Å². The molecule has 0 unspecified atom stereocenters. The van der Waals surface area contributed by atoms with Gasteiger partial charge in [-0.2, -0.15) is 0 Å². The van der Waals surface area contributed by atoms with E-state index in [0.717, 1.165) is 37.0 Å². The van der Waals surface area contributed by atoms with E-state index in [1.807, 2.05) is 30.3 Å². The lowest BCUT2D eigenvalue weighted by Gasteiger charge is -2.29. The highest BCUT2D eigenvalue weighted by Gasteiger charge is 2.25. The van der Waals surface area contributed by atoms with Crippen LogP contribution in [0.1, 0.15) is 47.7 Å². The molecule has 1 fully saturated rings. The molecule has 182 valence electrons. The van der Waals surface area contributed by atoms with Crippen molar-refractivity contribution >= 4 is 11.9 Å². The second-order valence-electron chi connectivity index (χ2n) is 8.85. The minimum atomic E-state index is -1.17. The Balaban J connectivity index is 1.31. The third kappa shape index (κ3) is 6.35. The average molecular weight is 476 g/mol. The number of carboxylic acid groups (broad SMARTS) is 1. The third-order valence-electron chi connectivity index (χ3n) is 6.25. The lowest BCUT2D eigenvalue weighted by Crippen LogP contribution is -2.30. The number of hydrogen-bond acceptors (Lipinski definition) is 6. The van der Waals surface area contributed by atoms with Crippen LogP contribution >= 0.6 is 0 Å². The molecule has 8 nitrogen and oxygen atoms in total. The van der Waals surface area contributed by atoms with Gasteiger partial charge in [-0.25, -0.2) is 9.97 Å². The molecule has 1 amide bonds. The van der Waals surface area contributed by atoms with E-state index in [9.17, 15) is 14.7 Å². The second-order valence-corrected chi connectivity index (χ2v) is 8.85. The van der Waals surface area contributed by atoms with Crippen LogP contribution in [0.25, 0.3) is 11.1 Å². The van der Waals surface area contributed by atoms with Crippen LogP contribution in [0, 0.1) is 12.8 Å². The van der Waals surface area contributed by atoms with E-state index in [0.29, 0.717) is 23.9 Å². The lowest BCUT2D eigenvalue weighted by molar-refractivity contribution is -0.135. The quantitative estimate of drug-likeness (QED) is 0.447. The van der Waals surface area contributed by atoms with Gasteiger partial charge in [0.05, 0.1) is 11.8 Å². The molecular weight excluding hydrogens is 446 g/mol. The van der Waals surface area contributed by atoms with Crippen molar-refractivity contribution in [2.75, 3.05) is 6.54 Å². The van der Waals surface area contributed by atoms with Crippen LogP contribution in [0.3, 0.4) is 0 Å². The van der Waals surface area contributed by atoms with Crippen LogP contribution in [0.5, 0.6) is 11.5 Å². The first-order valence-electron chi connectivity index (χ1n) is 11.8. The summed E-state index contributed by atoms with van der Waals surface area (Å²) >= 11 is 0. The van der Waals surface area contributed by atoms with Crippen molar-refractivity contribution in [3.05, 3.63) is 71.8 Å². The van der Waals surface area contributed by atoms with Gasteiger partial charge in [-0.3, -0.25) is 9.59 Å². The maximum absolute atomic E-state index is 12.2. The van der Waals surface area contributed by atoms with Gasteiger partial charge in [0.25, 0.3) is 5.91 Å². The van der Waals surface area contributed by atoms with Crippen LogP contribution in [-0.4, -0.2) is 44.7 Å². The Morgan fingerprint density at radius 3 is 2.29 bits per heavy atom. The van der Waals surface area contributed by atoms with E-state index in [1.165, 1.54) is 5.56 Å². The van der Waals surface area contributed by atoms with Gasteiger partial charge in [-0.15, -0.1) is 0 Å². The van der Waals surface area contributed by atoms with Crippen molar-refractivity contribution < 1.29 is 24.5 Å². The van der Waals surface area contributed by atoms with Crippen LogP contribution < -0.4 is 10.1 Å². The monoisotopic (exact) mass is 475 g/mol. The molecular formula is C27H29N3O5. The summed E-state index contributed by atoms with van der Waals surface area (Å²) in [6.07, 6.45) is 4.43. The number of carbonyl (C=O) groups is 2. The van der Waals surface area contributed by atoms with Crippen LogP contribution in [0.15, 0.2) is 54.6 Å².